The fourth-order valence-electron chi connectivity index (χ4n) is 7.83. The molecular formula is C38H49N5O9S. The van der Waals surface area contributed by atoms with Crippen LogP contribution in [0, 0.1) is 11.8 Å². The predicted molar refractivity (Wildman–Crippen MR) is 194 cm³/mol. The molecule has 7 rings (SSSR count). The average molecular weight is 752 g/mol. The summed E-state index contributed by atoms with van der Waals surface area (Å²) >= 11 is 0. The molecule has 7 atom stereocenters. The number of methoxy groups -OCH3 is 1. The number of carbonyl (C=O) groups excluding carboxylic acids is 4. The van der Waals surface area contributed by atoms with Crippen molar-refractivity contribution in [3.05, 3.63) is 42.1 Å². The summed E-state index contributed by atoms with van der Waals surface area (Å²) in [6, 6.07) is 5.25. The van der Waals surface area contributed by atoms with E-state index in [9.17, 15) is 27.6 Å². The molecule has 3 heterocycles. The van der Waals surface area contributed by atoms with Gasteiger partial charge < -0.3 is 29.7 Å². The van der Waals surface area contributed by atoms with Crippen molar-refractivity contribution in [1.82, 2.24) is 25.2 Å². The molecule has 2 aliphatic heterocycles. The molecule has 3 aliphatic carbocycles. The van der Waals surface area contributed by atoms with Crippen LogP contribution in [-0.2, 0) is 35.6 Å². The first kappa shape index (κ1) is 36.9. The first-order chi connectivity index (χ1) is 25.3. The monoisotopic (exact) mass is 751 g/mol. The Morgan fingerprint density at radius 2 is 1.91 bits per heavy atom. The van der Waals surface area contributed by atoms with Gasteiger partial charge in [0.15, 0.2) is 0 Å². The number of hydrogen-bond donors (Lipinski definition) is 3. The van der Waals surface area contributed by atoms with Gasteiger partial charge in [-0.15, -0.1) is 0 Å². The number of fused-ring (bicyclic) bond motifs is 5. The second kappa shape index (κ2) is 14.4. The Hall–Kier alpha value is -4.40. The van der Waals surface area contributed by atoms with Crippen molar-refractivity contribution in [3.63, 3.8) is 0 Å². The number of nitrogens with zero attached hydrogens (tertiary/aromatic N) is 2. The van der Waals surface area contributed by atoms with Crippen molar-refractivity contribution in [2.24, 2.45) is 11.8 Å². The highest BCUT2D eigenvalue weighted by Gasteiger charge is 2.62. The third kappa shape index (κ3) is 7.81. The molecule has 3 N–H and O–H groups in total. The van der Waals surface area contributed by atoms with Crippen molar-refractivity contribution in [2.75, 3.05) is 13.7 Å². The van der Waals surface area contributed by atoms with Crippen LogP contribution < -0.4 is 24.8 Å². The van der Waals surface area contributed by atoms with Crippen LogP contribution in [0.5, 0.6) is 11.5 Å². The van der Waals surface area contributed by atoms with Gasteiger partial charge in [-0.05, 0) is 93.5 Å². The molecule has 2 bridgehead atoms. The first-order valence-corrected chi connectivity index (χ1v) is 20.3. The molecule has 286 valence electrons. The van der Waals surface area contributed by atoms with Gasteiger partial charge in [-0.2, -0.15) is 0 Å². The van der Waals surface area contributed by atoms with Crippen molar-refractivity contribution in [2.45, 2.75) is 120 Å². The Morgan fingerprint density at radius 3 is 2.60 bits per heavy atom. The quantitative estimate of drug-likeness (QED) is 0.337. The summed E-state index contributed by atoms with van der Waals surface area (Å²) in [5, 5.41) is 5.74. The molecule has 5 aliphatic rings. The Bertz CT molecular complexity index is 1930. The number of aromatic nitrogens is 1. The summed E-state index contributed by atoms with van der Waals surface area (Å²) in [5.41, 5.74) is 0.474. The lowest BCUT2D eigenvalue weighted by Crippen LogP contribution is -2.58. The van der Waals surface area contributed by atoms with Crippen LogP contribution in [0.2, 0.25) is 0 Å². The zero-order valence-corrected chi connectivity index (χ0v) is 31.3. The Kier molecular flexibility index (Phi) is 10.1. The van der Waals surface area contributed by atoms with Crippen LogP contribution in [0.4, 0.5) is 4.79 Å². The van der Waals surface area contributed by atoms with Gasteiger partial charge in [0.05, 0.1) is 30.1 Å². The number of sulfonamides is 1. The predicted octanol–water partition coefficient (Wildman–Crippen LogP) is 3.66. The first-order valence-electron chi connectivity index (χ1n) is 18.8. The minimum Gasteiger partial charge on any atom is -0.497 e. The second-order valence-corrected chi connectivity index (χ2v) is 17.3. The summed E-state index contributed by atoms with van der Waals surface area (Å²) in [5.74, 6) is -0.774. The molecule has 1 aromatic carbocycles. The average Bonchev–Trinajstić information content (AvgIpc) is 4.05. The maximum absolute atomic E-state index is 14.4. The lowest BCUT2D eigenvalue weighted by Gasteiger charge is -2.30. The van der Waals surface area contributed by atoms with E-state index in [-0.39, 0.29) is 37.3 Å². The van der Waals surface area contributed by atoms with E-state index in [4.69, 9.17) is 19.2 Å². The van der Waals surface area contributed by atoms with Gasteiger partial charge in [-0.3, -0.25) is 19.1 Å². The standard InChI is InChI=1S/C38H49N5O9S/c1-5-24-19-38(24,36(46)42-53(48,49)27-12-13-27)41-34(44)30-18-26-20-43(30)35(45)33(21(2)3)40-37(47)52-31-16-22(31)9-7-6-8-10-29-32(51-26)17-23-15-25(50-4)11-14-28(23)39-29/h11,14-15,17,22,24,26-27,30-31,33H,2,5-10,12-13,16,18-20H2,1,3-4H3,(H,40,47)(H,41,44)(H,42,46)/t22-,24+,26+,30-,31-,33-,38+/m0/s1. The SMILES string of the molecule is C=C(C)[C@@H]1NC(=O)O[C@H]2C[C@@H]2CCCCCc2nc3ccc(OC)cc3cc2O[C@@H]2C[C@@H](C(=O)N[C@]3(C(=O)NS(=O)(=O)C4CC4)C[C@H]3CC)N(C2)C1=O. The lowest BCUT2D eigenvalue weighted by atomic mass is 10.1. The van der Waals surface area contributed by atoms with Gasteiger partial charge in [0.25, 0.3) is 5.91 Å². The number of amides is 4. The van der Waals surface area contributed by atoms with Crippen LogP contribution in [0.15, 0.2) is 36.4 Å². The van der Waals surface area contributed by atoms with E-state index in [1.807, 2.05) is 31.2 Å². The Balaban J connectivity index is 1.20. The molecule has 0 unspecified atom stereocenters. The molecule has 2 aromatic rings. The topological polar surface area (TPSA) is 182 Å². The highest BCUT2D eigenvalue weighted by atomic mass is 32.2. The fraction of sp³-hybridized carbons (Fsp3) is 0.605. The molecular weight excluding hydrogens is 703 g/mol. The molecule has 1 saturated heterocycles. The molecule has 0 radical (unpaired) electrons. The minimum atomic E-state index is -3.86. The number of benzene rings is 1. The van der Waals surface area contributed by atoms with Gasteiger partial charge in [0.2, 0.25) is 21.8 Å². The number of aryl methyl sites for hydroxylation is 1. The summed E-state index contributed by atoms with van der Waals surface area (Å²) in [7, 11) is -2.27. The molecule has 1 aromatic heterocycles. The zero-order valence-electron chi connectivity index (χ0n) is 30.5. The van der Waals surface area contributed by atoms with Crippen molar-refractivity contribution in [1.29, 1.82) is 0 Å². The van der Waals surface area contributed by atoms with Crippen LogP contribution in [0.1, 0.15) is 83.7 Å². The molecule has 0 spiro atoms. The van der Waals surface area contributed by atoms with Gasteiger partial charge >= 0.3 is 6.09 Å². The van der Waals surface area contributed by atoms with Crippen LogP contribution in [-0.4, -0.2) is 90.9 Å². The molecule has 4 fully saturated rings. The number of carbonyl (C=O) groups is 4. The van der Waals surface area contributed by atoms with Gasteiger partial charge in [0.1, 0.15) is 41.3 Å². The van der Waals surface area contributed by atoms with Gasteiger partial charge in [-0.25, -0.2) is 18.2 Å². The van der Waals surface area contributed by atoms with E-state index in [1.165, 1.54) is 4.90 Å². The normalized spacial score (nSPS) is 30.3. The molecule has 14 nitrogen and oxygen atoms in total. The second-order valence-electron chi connectivity index (χ2n) is 15.4. The van der Waals surface area contributed by atoms with E-state index in [1.54, 1.807) is 14.0 Å². The zero-order chi connectivity index (χ0) is 37.7. The van der Waals surface area contributed by atoms with Gasteiger partial charge in [-0.1, -0.05) is 32.8 Å². The van der Waals surface area contributed by atoms with E-state index in [0.717, 1.165) is 48.7 Å². The van der Waals surface area contributed by atoms with E-state index >= 15 is 0 Å². The summed E-state index contributed by atoms with van der Waals surface area (Å²) in [6.07, 6.45) is 5.34. The summed E-state index contributed by atoms with van der Waals surface area (Å²) < 4.78 is 45.4. The van der Waals surface area contributed by atoms with Crippen molar-refractivity contribution >= 4 is 44.7 Å². The highest BCUT2D eigenvalue weighted by molar-refractivity contribution is 7.91. The third-order valence-corrected chi connectivity index (χ3v) is 13.2. The Morgan fingerprint density at radius 1 is 1.11 bits per heavy atom. The number of hydrogen-bond acceptors (Lipinski definition) is 10. The molecule has 15 heteroatoms. The highest BCUT2D eigenvalue weighted by Crippen LogP contribution is 2.47. The van der Waals surface area contributed by atoms with Crippen LogP contribution in [0.25, 0.3) is 10.9 Å². The largest absolute Gasteiger partial charge is 0.497 e. The number of ether oxygens (including phenoxy) is 3. The van der Waals surface area contributed by atoms with Gasteiger partial charge in [0, 0.05) is 11.8 Å². The molecule has 53 heavy (non-hydrogen) atoms. The number of pyridine rings is 1. The van der Waals surface area contributed by atoms with Crippen molar-refractivity contribution in [3.8, 4) is 11.5 Å². The lowest BCUT2D eigenvalue weighted by molar-refractivity contribution is -0.140. The summed E-state index contributed by atoms with van der Waals surface area (Å²) in [6.45, 7) is 7.43. The van der Waals surface area contributed by atoms with E-state index in [0.29, 0.717) is 42.8 Å². The van der Waals surface area contributed by atoms with Crippen molar-refractivity contribution < 1.29 is 41.8 Å². The molecule has 4 amide bonds. The number of alkyl carbamates (subject to hydrolysis) is 1. The van der Waals surface area contributed by atoms with Crippen LogP contribution >= 0.6 is 0 Å². The molecule has 3 saturated carbocycles. The van der Waals surface area contributed by atoms with E-state index in [2.05, 4.69) is 21.9 Å². The maximum Gasteiger partial charge on any atom is 0.408 e. The fourth-order valence-corrected chi connectivity index (χ4v) is 9.19. The Labute approximate surface area is 309 Å². The third-order valence-electron chi connectivity index (χ3n) is 11.4. The van der Waals surface area contributed by atoms with Crippen LogP contribution in [0.3, 0.4) is 0 Å². The smallest absolute Gasteiger partial charge is 0.408 e. The summed E-state index contributed by atoms with van der Waals surface area (Å²) in [4.78, 5) is 61.6. The van der Waals surface area contributed by atoms with E-state index < -0.39 is 62.8 Å². The number of nitrogens with one attached hydrogen (secondary N) is 3. The number of rotatable bonds is 8. The minimum absolute atomic E-state index is 0.00975. The maximum atomic E-state index is 14.4.